The number of hydrogen-bond donors (Lipinski definition) is 0. The number of carbonyl (C=O) groups excluding carboxylic acids is 1. The molecule has 0 aromatic rings. The summed E-state index contributed by atoms with van der Waals surface area (Å²) in [7, 11) is -0.117. The quantitative estimate of drug-likeness (QED) is 0.422. The Balaban J connectivity index is 2.20. The normalized spacial score (nSPS) is 22.3. The Hall–Kier alpha value is -0.545. The van der Waals surface area contributed by atoms with Crippen molar-refractivity contribution in [2.75, 3.05) is 0 Å². The van der Waals surface area contributed by atoms with Gasteiger partial charge in [0.1, 0.15) is 0 Å². The van der Waals surface area contributed by atoms with Crippen LogP contribution in [0.1, 0.15) is 60.8 Å². The zero-order chi connectivity index (χ0) is 14.7. The summed E-state index contributed by atoms with van der Waals surface area (Å²) in [5.41, 5.74) is -0.495. The van der Waals surface area contributed by atoms with Gasteiger partial charge in [-0.1, -0.05) is 12.8 Å². The Morgan fingerprint density at radius 1 is 1.16 bits per heavy atom. The molecule has 0 aromatic heterocycles. The monoisotopic (exact) mass is 270 g/mol. The Labute approximate surface area is 117 Å². The number of unbranched alkanes of at least 4 members (excludes halogenated alkanes) is 1. The van der Waals surface area contributed by atoms with E-state index in [0.29, 0.717) is 0 Å². The largest absolute Gasteiger partial charge is 0.463 e. The fourth-order valence-electron chi connectivity index (χ4n) is 2.17. The van der Waals surface area contributed by atoms with E-state index in [2.05, 4.69) is 27.7 Å². The van der Waals surface area contributed by atoms with E-state index >= 15 is 0 Å². The maximum absolute atomic E-state index is 10.8. The molecule has 0 unspecified atom stereocenters. The lowest BCUT2D eigenvalue weighted by Gasteiger charge is -2.32. The van der Waals surface area contributed by atoms with Gasteiger partial charge < -0.3 is 14.0 Å². The van der Waals surface area contributed by atoms with Crippen molar-refractivity contribution in [3.8, 4) is 0 Å². The lowest BCUT2D eigenvalue weighted by Crippen LogP contribution is -2.41. The standard InChI is InChI=1S/C14H27BO4/c1-11(17-12(2)16)9-7-8-10-15-18-13(3,4)14(5,6)19-15/h11H,7-10H2,1-6H3/t11-/m1/s1. The second-order valence-corrected chi connectivity index (χ2v) is 6.39. The van der Waals surface area contributed by atoms with E-state index < -0.39 is 0 Å². The summed E-state index contributed by atoms with van der Waals surface area (Å²) < 4.78 is 16.9. The SMILES string of the molecule is CC(=O)O[C@H](C)CCCCB1OC(C)(C)C(C)(C)O1. The van der Waals surface area contributed by atoms with E-state index in [0.717, 1.165) is 25.6 Å². The number of carbonyl (C=O) groups is 1. The predicted octanol–water partition coefficient (Wildman–Crippen LogP) is 3.20. The molecule has 0 amide bonds. The van der Waals surface area contributed by atoms with Crippen molar-refractivity contribution in [3.63, 3.8) is 0 Å². The van der Waals surface area contributed by atoms with Crippen molar-refractivity contribution in [2.45, 2.75) is 84.4 Å². The average Bonchev–Trinajstić information content (AvgIpc) is 2.41. The third-order valence-corrected chi connectivity index (χ3v) is 3.97. The van der Waals surface area contributed by atoms with Crippen LogP contribution in [0.5, 0.6) is 0 Å². The molecule has 0 saturated carbocycles. The molecule has 1 fully saturated rings. The van der Waals surface area contributed by atoms with Crippen LogP contribution in [0, 0.1) is 0 Å². The molecule has 5 heteroatoms. The first-order chi connectivity index (χ1) is 8.64. The number of rotatable bonds is 6. The van der Waals surface area contributed by atoms with Gasteiger partial charge in [-0.05, 0) is 47.4 Å². The molecular formula is C14H27BO4. The molecule has 110 valence electrons. The molecule has 0 aliphatic carbocycles. The fourth-order valence-corrected chi connectivity index (χ4v) is 2.17. The highest BCUT2D eigenvalue weighted by molar-refractivity contribution is 6.45. The van der Waals surface area contributed by atoms with Crippen LogP contribution in [0.3, 0.4) is 0 Å². The van der Waals surface area contributed by atoms with E-state index in [4.69, 9.17) is 14.0 Å². The topological polar surface area (TPSA) is 44.8 Å². The second-order valence-electron chi connectivity index (χ2n) is 6.39. The first-order valence-corrected chi connectivity index (χ1v) is 7.17. The van der Waals surface area contributed by atoms with Crippen molar-refractivity contribution in [1.82, 2.24) is 0 Å². The molecule has 1 rings (SSSR count). The number of hydrogen-bond acceptors (Lipinski definition) is 4. The van der Waals surface area contributed by atoms with Crippen molar-refractivity contribution in [3.05, 3.63) is 0 Å². The zero-order valence-electron chi connectivity index (χ0n) is 13.1. The van der Waals surface area contributed by atoms with E-state index in [-0.39, 0.29) is 30.4 Å². The van der Waals surface area contributed by atoms with Gasteiger partial charge in [-0.25, -0.2) is 0 Å². The lowest BCUT2D eigenvalue weighted by molar-refractivity contribution is -0.145. The molecule has 1 saturated heterocycles. The van der Waals surface area contributed by atoms with Crippen LogP contribution >= 0.6 is 0 Å². The molecule has 1 heterocycles. The Kier molecular flexibility index (Phi) is 5.45. The highest BCUT2D eigenvalue weighted by atomic mass is 16.7. The Morgan fingerprint density at radius 2 is 1.68 bits per heavy atom. The van der Waals surface area contributed by atoms with Gasteiger partial charge in [0.25, 0.3) is 0 Å². The molecule has 1 atom stereocenters. The molecule has 0 aromatic carbocycles. The van der Waals surface area contributed by atoms with Crippen LogP contribution < -0.4 is 0 Å². The predicted molar refractivity (Wildman–Crippen MR) is 76.0 cm³/mol. The third-order valence-electron chi connectivity index (χ3n) is 3.97. The molecule has 0 bridgehead atoms. The number of ether oxygens (including phenoxy) is 1. The molecular weight excluding hydrogens is 243 g/mol. The maximum atomic E-state index is 10.8. The van der Waals surface area contributed by atoms with Crippen LogP contribution in [0.15, 0.2) is 0 Å². The molecule has 1 aliphatic heterocycles. The first kappa shape index (κ1) is 16.5. The molecule has 1 aliphatic rings. The highest BCUT2D eigenvalue weighted by Crippen LogP contribution is 2.38. The number of esters is 1. The van der Waals surface area contributed by atoms with Gasteiger partial charge in [0.15, 0.2) is 0 Å². The maximum Gasteiger partial charge on any atom is 0.457 e. The molecule has 19 heavy (non-hydrogen) atoms. The smallest absolute Gasteiger partial charge is 0.457 e. The van der Waals surface area contributed by atoms with Crippen molar-refractivity contribution in [1.29, 1.82) is 0 Å². The van der Waals surface area contributed by atoms with Gasteiger partial charge in [-0.2, -0.15) is 0 Å². The van der Waals surface area contributed by atoms with Crippen LogP contribution in [0.4, 0.5) is 0 Å². The summed E-state index contributed by atoms with van der Waals surface area (Å²) in [5.74, 6) is -0.210. The molecule has 0 spiro atoms. The van der Waals surface area contributed by atoms with Crippen molar-refractivity contribution in [2.24, 2.45) is 0 Å². The molecule has 0 radical (unpaired) electrons. The van der Waals surface area contributed by atoms with Gasteiger partial charge >= 0.3 is 13.1 Å². The van der Waals surface area contributed by atoms with Crippen LogP contribution in [0.2, 0.25) is 6.32 Å². The van der Waals surface area contributed by atoms with E-state index in [1.54, 1.807) is 0 Å². The summed E-state index contributed by atoms with van der Waals surface area (Å²) >= 11 is 0. The van der Waals surface area contributed by atoms with Gasteiger partial charge in [0, 0.05) is 6.92 Å². The summed E-state index contributed by atoms with van der Waals surface area (Å²) in [6.07, 6.45) is 3.80. The Morgan fingerprint density at radius 3 is 2.16 bits per heavy atom. The van der Waals surface area contributed by atoms with Crippen molar-refractivity contribution < 1.29 is 18.8 Å². The van der Waals surface area contributed by atoms with Gasteiger partial charge in [0.2, 0.25) is 0 Å². The second kappa shape index (κ2) is 6.27. The molecule has 4 nitrogen and oxygen atoms in total. The van der Waals surface area contributed by atoms with Crippen molar-refractivity contribution >= 4 is 13.1 Å². The van der Waals surface area contributed by atoms with Crippen LogP contribution in [-0.4, -0.2) is 30.4 Å². The summed E-state index contributed by atoms with van der Waals surface area (Å²) in [5, 5.41) is 0. The van der Waals surface area contributed by atoms with Gasteiger partial charge in [0.05, 0.1) is 17.3 Å². The minimum Gasteiger partial charge on any atom is -0.463 e. The fraction of sp³-hybridized carbons (Fsp3) is 0.929. The van der Waals surface area contributed by atoms with E-state index in [9.17, 15) is 4.79 Å². The minimum atomic E-state index is -0.247. The molecule has 0 N–H and O–H groups in total. The van der Waals surface area contributed by atoms with E-state index in [1.807, 2.05) is 6.92 Å². The van der Waals surface area contributed by atoms with Gasteiger partial charge in [-0.3, -0.25) is 4.79 Å². The Bertz CT molecular complexity index is 299. The first-order valence-electron chi connectivity index (χ1n) is 7.17. The minimum absolute atomic E-state index is 0.00389. The zero-order valence-corrected chi connectivity index (χ0v) is 13.1. The third kappa shape index (κ3) is 4.81. The lowest BCUT2D eigenvalue weighted by atomic mass is 9.82. The summed E-state index contributed by atoms with van der Waals surface area (Å²) in [6.45, 7) is 11.6. The summed E-state index contributed by atoms with van der Waals surface area (Å²) in [6, 6.07) is 0. The summed E-state index contributed by atoms with van der Waals surface area (Å²) in [4.78, 5) is 10.8. The highest BCUT2D eigenvalue weighted by Gasteiger charge is 2.50. The van der Waals surface area contributed by atoms with Crippen LogP contribution in [-0.2, 0) is 18.8 Å². The van der Waals surface area contributed by atoms with Crippen LogP contribution in [0.25, 0.3) is 0 Å². The van der Waals surface area contributed by atoms with Gasteiger partial charge in [-0.15, -0.1) is 0 Å². The van der Waals surface area contributed by atoms with E-state index in [1.165, 1.54) is 6.92 Å². The average molecular weight is 270 g/mol.